The van der Waals surface area contributed by atoms with E-state index in [0.717, 1.165) is 25.7 Å². The Morgan fingerprint density at radius 2 is 0.914 bits per heavy atom. The number of carbonyl (C=O) groups excluding carboxylic acids is 8. The van der Waals surface area contributed by atoms with Crippen molar-refractivity contribution in [3.8, 4) is 0 Å². The van der Waals surface area contributed by atoms with Crippen molar-refractivity contribution in [2.45, 2.75) is 141 Å². The molecule has 0 radical (unpaired) electrons. The highest BCUT2D eigenvalue weighted by Gasteiger charge is 2.43. The summed E-state index contributed by atoms with van der Waals surface area (Å²) in [5.74, 6) is -6.42. The van der Waals surface area contributed by atoms with Crippen molar-refractivity contribution in [2.24, 2.45) is 23.5 Å². The van der Waals surface area contributed by atoms with E-state index in [1.165, 1.54) is 61.6 Å². The largest absolute Gasteiger partial charge is 0.463 e. The molecule has 2 bridgehead atoms. The third kappa shape index (κ3) is 11.6. The van der Waals surface area contributed by atoms with Gasteiger partial charge in [0, 0.05) is 28.2 Å². The molecule has 6 amide bonds. The number of nitrogens with one attached hydrogen (secondary N) is 2. The molecule has 58 heavy (non-hydrogen) atoms. The van der Waals surface area contributed by atoms with Gasteiger partial charge in [-0.15, -0.1) is 0 Å². The molecule has 4 rings (SSSR count). The summed E-state index contributed by atoms with van der Waals surface area (Å²) in [6, 6.07) is -7.96. The van der Waals surface area contributed by atoms with Crippen LogP contribution in [0.5, 0.6) is 0 Å². The fourth-order valence-corrected chi connectivity index (χ4v) is 8.34. The predicted octanol–water partition coefficient (Wildman–Crippen LogP) is 1.12. The van der Waals surface area contributed by atoms with Crippen LogP contribution in [-0.2, 0) is 47.8 Å². The predicted molar refractivity (Wildman–Crippen MR) is 214 cm³/mol. The summed E-state index contributed by atoms with van der Waals surface area (Å²) < 4.78 is 11.2. The van der Waals surface area contributed by atoms with Gasteiger partial charge in [0.15, 0.2) is 0 Å². The van der Waals surface area contributed by atoms with Crippen LogP contribution in [0.1, 0.15) is 98.8 Å². The number of ether oxygens (including phenoxy) is 2. The lowest BCUT2D eigenvalue weighted by molar-refractivity contribution is -0.161. The van der Waals surface area contributed by atoms with Crippen LogP contribution in [-0.4, -0.2) is 151 Å². The van der Waals surface area contributed by atoms with Crippen LogP contribution in [0, 0.1) is 17.8 Å². The summed E-state index contributed by atoms with van der Waals surface area (Å²) in [4.78, 5) is 116. The minimum Gasteiger partial charge on any atom is -0.463 e. The average Bonchev–Trinajstić information content (AvgIpc) is 3.95. The van der Waals surface area contributed by atoms with Gasteiger partial charge in [-0.05, 0) is 64.2 Å². The highest BCUT2D eigenvalue weighted by molar-refractivity contribution is 5.95. The summed E-state index contributed by atoms with van der Waals surface area (Å²) in [6.45, 7) is 7.64. The standard InChI is InChI=1S/C39H61N7O10.C2H6/c1-22-20-55-38(53)30(25-14-8-9-15-25)45(6)36(51)29-19-13-12-18-28(43(4)34(49)23(2)41-32(22)47)37(52)46(7)31(26-16-10-11-17-26)39(54)56-21-27(40)33(48)42-24(3)35(50)44(29)5;1-2/h12-13,22-31H,8-11,14-21,40H2,1-7H3,(H,41,47)(H,42,48);1-2H3/b13-12-;/t22?,23?,24?,27?,28-,29-,30?,31?;/m0./s1. The lowest BCUT2D eigenvalue weighted by Gasteiger charge is -2.37. The Balaban J connectivity index is 0.00000443. The molecule has 8 atom stereocenters. The van der Waals surface area contributed by atoms with Gasteiger partial charge in [0.25, 0.3) is 0 Å². The van der Waals surface area contributed by atoms with Gasteiger partial charge in [-0.3, -0.25) is 28.8 Å². The Morgan fingerprint density at radius 1 is 0.552 bits per heavy atom. The maximum absolute atomic E-state index is 14.5. The molecule has 17 nitrogen and oxygen atoms in total. The maximum atomic E-state index is 14.5. The molecular weight excluding hydrogens is 750 g/mol. The quantitative estimate of drug-likeness (QED) is 0.265. The Hall–Kier alpha value is -4.54. The van der Waals surface area contributed by atoms with Crippen LogP contribution in [0.15, 0.2) is 12.2 Å². The molecule has 0 aromatic rings. The zero-order valence-corrected chi connectivity index (χ0v) is 35.9. The molecule has 2 saturated carbocycles. The van der Waals surface area contributed by atoms with Crippen molar-refractivity contribution in [1.29, 1.82) is 0 Å². The van der Waals surface area contributed by atoms with Gasteiger partial charge in [0.2, 0.25) is 35.4 Å². The van der Waals surface area contributed by atoms with Crippen molar-refractivity contribution >= 4 is 47.4 Å². The lowest BCUT2D eigenvalue weighted by Crippen LogP contribution is -2.59. The number of esters is 2. The molecule has 4 aliphatic rings. The van der Waals surface area contributed by atoms with Crippen molar-refractivity contribution in [1.82, 2.24) is 30.2 Å². The number of cyclic esters (lactones) is 2. The van der Waals surface area contributed by atoms with E-state index in [1.54, 1.807) is 19.1 Å². The Morgan fingerprint density at radius 3 is 1.31 bits per heavy atom. The molecule has 4 N–H and O–H groups in total. The highest BCUT2D eigenvalue weighted by atomic mass is 16.5. The number of nitrogens with two attached hydrogens (primary N) is 1. The topological polar surface area (TPSA) is 218 Å². The number of likely N-dealkylation sites (N-methyl/N-ethyl adjacent to an activating group) is 4. The van der Waals surface area contributed by atoms with Crippen LogP contribution < -0.4 is 16.4 Å². The van der Waals surface area contributed by atoms with Crippen molar-refractivity contribution in [2.75, 3.05) is 41.4 Å². The Labute approximate surface area is 343 Å². The maximum Gasteiger partial charge on any atom is 0.329 e. The summed E-state index contributed by atoms with van der Waals surface area (Å²) in [5, 5.41) is 5.24. The Bertz CT molecular complexity index is 1420. The summed E-state index contributed by atoms with van der Waals surface area (Å²) in [7, 11) is 5.83. The van der Waals surface area contributed by atoms with Crippen molar-refractivity contribution < 1.29 is 47.8 Å². The molecule has 326 valence electrons. The van der Waals surface area contributed by atoms with Gasteiger partial charge in [0.1, 0.15) is 55.5 Å². The molecule has 2 aliphatic heterocycles. The monoisotopic (exact) mass is 817 g/mol. The first-order valence-electron chi connectivity index (χ1n) is 20.9. The first kappa shape index (κ1) is 47.8. The molecule has 0 aromatic heterocycles. The molecule has 2 aliphatic carbocycles. The van der Waals surface area contributed by atoms with Crippen LogP contribution >= 0.6 is 0 Å². The zero-order valence-electron chi connectivity index (χ0n) is 35.9. The first-order chi connectivity index (χ1) is 27.5. The van der Waals surface area contributed by atoms with Crippen LogP contribution in [0.25, 0.3) is 0 Å². The molecule has 0 aromatic carbocycles. The van der Waals surface area contributed by atoms with E-state index in [-0.39, 0.29) is 31.3 Å². The van der Waals surface area contributed by atoms with Crippen LogP contribution in [0.2, 0.25) is 0 Å². The number of hydrogen-bond acceptors (Lipinski definition) is 11. The normalized spacial score (nSPS) is 32.2. The number of hydrogen-bond donors (Lipinski definition) is 3. The van der Waals surface area contributed by atoms with Gasteiger partial charge in [-0.1, -0.05) is 58.6 Å². The molecule has 0 spiro atoms. The van der Waals surface area contributed by atoms with Gasteiger partial charge in [0.05, 0.1) is 5.92 Å². The Kier molecular flexibility index (Phi) is 18.1. The summed E-state index contributed by atoms with van der Waals surface area (Å²) in [5.41, 5.74) is 6.13. The fraction of sp³-hybridized carbons (Fsp3) is 0.756. The third-order valence-corrected chi connectivity index (χ3v) is 11.9. The number of nitrogens with zero attached hydrogens (tertiary/aromatic N) is 4. The van der Waals surface area contributed by atoms with Crippen molar-refractivity contribution in [3.05, 3.63) is 12.2 Å². The van der Waals surface area contributed by atoms with Gasteiger partial charge in [-0.25, -0.2) is 9.59 Å². The summed E-state index contributed by atoms with van der Waals surface area (Å²) >= 11 is 0. The molecular formula is C41H67N7O10. The van der Waals surface area contributed by atoms with Crippen LogP contribution in [0.4, 0.5) is 0 Å². The van der Waals surface area contributed by atoms with E-state index in [1.807, 2.05) is 13.8 Å². The molecule has 0 saturated heterocycles. The fourth-order valence-electron chi connectivity index (χ4n) is 8.34. The lowest BCUT2D eigenvalue weighted by atomic mass is 9.95. The number of rotatable bonds is 2. The average molecular weight is 818 g/mol. The van der Waals surface area contributed by atoms with Crippen LogP contribution in [0.3, 0.4) is 0 Å². The smallest absolute Gasteiger partial charge is 0.329 e. The van der Waals surface area contributed by atoms with E-state index >= 15 is 0 Å². The zero-order chi connectivity index (χ0) is 43.4. The van der Waals surface area contributed by atoms with E-state index in [9.17, 15) is 38.4 Å². The highest BCUT2D eigenvalue weighted by Crippen LogP contribution is 2.33. The molecule has 2 heterocycles. The van der Waals surface area contributed by atoms with E-state index in [2.05, 4.69) is 10.6 Å². The molecule has 2 fully saturated rings. The third-order valence-electron chi connectivity index (χ3n) is 11.9. The number of carbonyl (C=O) groups is 8. The van der Waals surface area contributed by atoms with E-state index in [4.69, 9.17) is 15.2 Å². The van der Waals surface area contributed by atoms with Crippen molar-refractivity contribution in [3.63, 3.8) is 0 Å². The first-order valence-corrected chi connectivity index (χ1v) is 20.9. The van der Waals surface area contributed by atoms with Gasteiger partial charge in [-0.2, -0.15) is 0 Å². The van der Waals surface area contributed by atoms with Gasteiger partial charge < -0.3 is 45.4 Å². The van der Waals surface area contributed by atoms with E-state index < -0.39 is 102 Å². The van der Waals surface area contributed by atoms with Gasteiger partial charge >= 0.3 is 11.9 Å². The number of fused-ring (bicyclic) bond motifs is 4. The minimum absolute atomic E-state index is 0.0440. The second-order valence-corrected chi connectivity index (χ2v) is 16.0. The number of amides is 6. The molecule has 17 heteroatoms. The second-order valence-electron chi connectivity index (χ2n) is 16.0. The molecule has 6 unspecified atom stereocenters. The SMILES string of the molecule is CC.CC1COC(=O)C(C2CCCC2)N(C)C(=O)[C@@H]2C/C=C\C[C@@H](C(=O)N(C)C(C3CCCC3)C(=O)OCC(N)C(=O)NC(C)C(=O)N2C)N(C)C(=O)C(C)NC1=O. The second kappa shape index (κ2) is 22.0. The summed E-state index contributed by atoms with van der Waals surface area (Å²) in [6.07, 6.45) is 9.21. The van der Waals surface area contributed by atoms with E-state index in [0.29, 0.717) is 25.7 Å². The minimum atomic E-state index is -1.36.